The van der Waals surface area contributed by atoms with E-state index < -0.39 is 0 Å². The van der Waals surface area contributed by atoms with Gasteiger partial charge in [-0.3, -0.25) is 9.67 Å². The lowest BCUT2D eigenvalue weighted by molar-refractivity contribution is 0.470. The number of hydrogen-bond acceptors (Lipinski definition) is 3. The van der Waals surface area contributed by atoms with Crippen LogP contribution >= 0.6 is 15.9 Å². The van der Waals surface area contributed by atoms with E-state index in [-0.39, 0.29) is 6.04 Å². The van der Waals surface area contributed by atoms with Crippen LogP contribution in [0.5, 0.6) is 0 Å². The Morgan fingerprint density at radius 2 is 2.05 bits per heavy atom. The predicted octanol–water partition coefficient (Wildman–Crippen LogP) is 4.02. The van der Waals surface area contributed by atoms with Crippen molar-refractivity contribution in [1.29, 1.82) is 0 Å². The van der Waals surface area contributed by atoms with E-state index in [1.807, 2.05) is 18.6 Å². The van der Waals surface area contributed by atoms with Crippen molar-refractivity contribution in [2.45, 2.75) is 46.2 Å². The number of rotatable bonds is 6. The minimum Gasteiger partial charge on any atom is -0.305 e. The molecule has 5 heteroatoms. The first-order chi connectivity index (χ1) is 10.0. The van der Waals surface area contributed by atoms with E-state index in [1.54, 1.807) is 0 Å². The minimum atomic E-state index is 0.0941. The molecule has 0 spiro atoms. The number of hydrogen-bond donors (Lipinski definition) is 1. The van der Waals surface area contributed by atoms with Crippen molar-refractivity contribution in [3.8, 4) is 0 Å². The Morgan fingerprint density at radius 1 is 1.29 bits per heavy atom. The Labute approximate surface area is 135 Å². The van der Waals surface area contributed by atoms with Gasteiger partial charge in [0.15, 0.2) is 0 Å². The molecule has 2 rings (SSSR count). The minimum absolute atomic E-state index is 0.0941. The number of aromatic nitrogens is 3. The molecule has 0 radical (unpaired) electrons. The Bertz CT molecular complexity index is 592. The summed E-state index contributed by atoms with van der Waals surface area (Å²) in [6, 6.07) is 2.59. The molecule has 0 saturated carbocycles. The summed E-state index contributed by atoms with van der Waals surface area (Å²) in [6.45, 7) is 9.49. The van der Waals surface area contributed by atoms with E-state index in [2.05, 4.69) is 69.8 Å². The van der Waals surface area contributed by atoms with E-state index in [9.17, 15) is 0 Å². The van der Waals surface area contributed by atoms with Crippen LogP contribution in [0.25, 0.3) is 0 Å². The average Bonchev–Trinajstić information content (AvgIpc) is 2.82. The number of aryl methyl sites for hydroxylation is 1. The van der Waals surface area contributed by atoms with Crippen molar-refractivity contribution in [2.75, 3.05) is 6.54 Å². The van der Waals surface area contributed by atoms with Crippen LogP contribution in [0.2, 0.25) is 0 Å². The van der Waals surface area contributed by atoms with Gasteiger partial charge >= 0.3 is 0 Å². The third-order valence-corrected chi connectivity index (χ3v) is 3.99. The van der Waals surface area contributed by atoms with Gasteiger partial charge in [0, 0.05) is 18.4 Å². The normalized spacial score (nSPS) is 12.9. The molecular weight excluding hydrogens is 328 g/mol. The molecule has 0 aliphatic carbocycles. The summed E-state index contributed by atoms with van der Waals surface area (Å²) >= 11 is 3.65. The molecule has 0 bridgehead atoms. The fourth-order valence-electron chi connectivity index (χ4n) is 2.43. The van der Waals surface area contributed by atoms with Gasteiger partial charge < -0.3 is 5.32 Å². The van der Waals surface area contributed by atoms with Crippen molar-refractivity contribution in [3.05, 3.63) is 46.0 Å². The molecule has 1 atom stereocenters. The quantitative estimate of drug-likeness (QED) is 0.855. The maximum absolute atomic E-state index is 4.50. The predicted molar refractivity (Wildman–Crippen MR) is 89.4 cm³/mol. The molecule has 114 valence electrons. The topological polar surface area (TPSA) is 42.7 Å². The fraction of sp³-hybridized carbons (Fsp3) is 0.500. The summed E-state index contributed by atoms with van der Waals surface area (Å²) < 4.78 is 3.10. The molecule has 1 unspecified atom stereocenters. The zero-order valence-corrected chi connectivity index (χ0v) is 14.7. The highest BCUT2D eigenvalue weighted by molar-refractivity contribution is 9.10. The molecule has 0 saturated heterocycles. The molecule has 0 aliphatic heterocycles. The van der Waals surface area contributed by atoms with Crippen LogP contribution in [0.15, 0.2) is 29.1 Å². The van der Waals surface area contributed by atoms with Crippen LogP contribution in [-0.2, 0) is 0 Å². The largest absolute Gasteiger partial charge is 0.305 e. The lowest BCUT2D eigenvalue weighted by Gasteiger charge is -2.22. The second-order valence-corrected chi connectivity index (χ2v) is 6.45. The maximum atomic E-state index is 4.50. The Morgan fingerprint density at radius 3 is 2.67 bits per heavy atom. The molecule has 1 N–H and O–H groups in total. The van der Waals surface area contributed by atoms with Gasteiger partial charge in [-0.15, -0.1) is 0 Å². The van der Waals surface area contributed by atoms with Gasteiger partial charge in [0.05, 0.1) is 22.4 Å². The molecule has 0 amide bonds. The monoisotopic (exact) mass is 350 g/mol. The number of nitrogens with zero attached hydrogens (tertiary/aromatic N) is 3. The van der Waals surface area contributed by atoms with Crippen molar-refractivity contribution >= 4 is 15.9 Å². The molecular formula is C16H23BrN4. The molecule has 21 heavy (non-hydrogen) atoms. The number of nitrogens with one attached hydrogen (secondary N) is 1. The molecule has 2 aromatic heterocycles. The Balaban J connectivity index is 2.48. The van der Waals surface area contributed by atoms with Gasteiger partial charge in [0.25, 0.3) is 0 Å². The molecule has 0 aliphatic rings. The molecule has 0 aromatic carbocycles. The molecule has 2 heterocycles. The van der Waals surface area contributed by atoms with Crippen LogP contribution in [0.1, 0.15) is 56.1 Å². The smallest absolute Gasteiger partial charge is 0.0775 e. The van der Waals surface area contributed by atoms with Gasteiger partial charge in [-0.05, 0) is 60.8 Å². The van der Waals surface area contributed by atoms with Gasteiger partial charge in [-0.1, -0.05) is 13.0 Å². The highest BCUT2D eigenvalue weighted by atomic mass is 79.9. The van der Waals surface area contributed by atoms with E-state index in [0.29, 0.717) is 6.04 Å². The lowest BCUT2D eigenvalue weighted by Crippen LogP contribution is -2.27. The van der Waals surface area contributed by atoms with E-state index in [4.69, 9.17) is 0 Å². The summed E-state index contributed by atoms with van der Waals surface area (Å²) in [7, 11) is 0. The van der Waals surface area contributed by atoms with Gasteiger partial charge in [0.1, 0.15) is 0 Å². The van der Waals surface area contributed by atoms with Crippen molar-refractivity contribution < 1.29 is 0 Å². The fourth-order valence-corrected chi connectivity index (χ4v) is 2.93. The highest BCUT2D eigenvalue weighted by Gasteiger charge is 2.23. The van der Waals surface area contributed by atoms with Crippen molar-refractivity contribution in [1.82, 2.24) is 20.1 Å². The van der Waals surface area contributed by atoms with Crippen LogP contribution in [-0.4, -0.2) is 21.3 Å². The SMILES string of the molecule is CCCNC(c1cncc(C)c1)c1c(Br)cnn1C(C)C. The zero-order valence-electron chi connectivity index (χ0n) is 13.1. The number of pyridine rings is 1. The first-order valence-corrected chi connectivity index (χ1v) is 8.21. The zero-order chi connectivity index (χ0) is 15.4. The first kappa shape index (κ1) is 16.2. The van der Waals surface area contributed by atoms with Crippen LogP contribution in [0, 0.1) is 6.92 Å². The van der Waals surface area contributed by atoms with Crippen molar-refractivity contribution in [2.24, 2.45) is 0 Å². The van der Waals surface area contributed by atoms with Gasteiger partial charge in [-0.2, -0.15) is 5.10 Å². The van der Waals surface area contributed by atoms with Crippen LogP contribution in [0.3, 0.4) is 0 Å². The van der Waals surface area contributed by atoms with E-state index in [0.717, 1.165) is 23.1 Å². The van der Waals surface area contributed by atoms with E-state index >= 15 is 0 Å². The summed E-state index contributed by atoms with van der Waals surface area (Å²) in [5.74, 6) is 0. The Kier molecular flexibility index (Phi) is 5.53. The third-order valence-electron chi connectivity index (χ3n) is 3.38. The molecule has 4 nitrogen and oxygen atoms in total. The standard InChI is InChI=1S/C16H23BrN4/c1-5-6-19-15(13-7-12(4)8-18-9-13)16-14(17)10-20-21(16)11(2)3/h7-11,15,19H,5-6H2,1-4H3. The van der Waals surface area contributed by atoms with Gasteiger partial charge in [-0.25, -0.2) is 0 Å². The number of halogens is 1. The summed E-state index contributed by atoms with van der Waals surface area (Å²) in [4.78, 5) is 4.34. The Hall–Kier alpha value is -1.20. The summed E-state index contributed by atoms with van der Waals surface area (Å²) in [6.07, 6.45) is 6.78. The third kappa shape index (κ3) is 3.71. The van der Waals surface area contributed by atoms with Gasteiger partial charge in [0.2, 0.25) is 0 Å². The highest BCUT2D eigenvalue weighted by Crippen LogP contribution is 2.30. The average molecular weight is 351 g/mol. The van der Waals surface area contributed by atoms with Crippen LogP contribution in [0.4, 0.5) is 0 Å². The summed E-state index contributed by atoms with van der Waals surface area (Å²) in [5, 5.41) is 8.12. The maximum Gasteiger partial charge on any atom is 0.0775 e. The van der Waals surface area contributed by atoms with Crippen molar-refractivity contribution in [3.63, 3.8) is 0 Å². The second kappa shape index (κ2) is 7.18. The molecule has 0 fully saturated rings. The molecule has 2 aromatic rings. The van der Waals surface area contributed by atoms with E-state index in [1.165, 1.54) is 11.1 Å². The second-order valence-electron chi connectivity index (χ2n) is 5.60. The first-order valence-electron chi connectivity index (χ1n) is 7.42. The lowest BCUT2D eigenvalue weighted by atomic mass is 10.0. The summed E-state index contributed by atoms with van der Waals surface area (Å²) in [5.41, 5.74) is 3.50. The van der Waals surface area contributed by atoms with Crippen LogP contribution < -0.4 is 5.32 Å².